The van der Waals surface area contributed by atoms with Crippen LogP contribution < -0.4 is 14.2 Å². The van der Waals surface area contributed by atoms with E-state index in [1.807, 2.05) is 0 Å². The van der Waals surface area contributed by atoms with Gasteiger partial charge in [-0.15, -0.1) is 0 Å². The summed E-state index contributed by atoms with van der Waals surface area (Å²) in [6.45, 7) is 2.18. The van der Waals surface area contributed by atoms with Crippen molar-refractivity contribution in [3.63, 3.8) is 0 Å². The SMILES string of the molecule is COCCN1C(=O)C(=O)/C(=C(/O)c2ccc(OC)cc2C)C1c1ccc(OC)cc1OC. The van der Waals surface area contributed by atoms with Crippen LogP contribution in [0.5, 0.6) is 17.2 Å². The molecule has 0 radical (unpaired) electrons. The number of aryl methyl sites for hydroxylation is 1. The van der Waals surface area contributed by atoms with Crippen LogP contribution in [0.4, 0.5) is 0 Å². The summed E-state index contributed by atoms with van der Waals surface area (Å²) >= 11 is 0. The van der Waals surface area contributed by atoms with Gasteiger partial charge in [0.1, 0.15) is 23.0 Å². The van der Waals surface area contributed by atoms with E-state index in [9.17, 15) is 14.7 Å². The Labute approximate surface area is 187 Å². The third kappa shape index (κ3) is 4.13. The molecule has 1 N–H and O–H groups in total. The second kappa shape index (κ2) is 9.74. The van der Waals surface area contributed by atoms with Gasteiger partial charge in [0.15, 0.2) is 0 Å². The van der Waals surface area contributed by atoms with E-state index < -0.39 is 17.7 Å². The van der Waals surface area contributed by atoms with Crippen molar-refractivity contribution < 1.29 is 33.6 Å². The third-order valence-electron chi connectivity index (χ3n) is 5.50. The number of hydrogen-bond donors (Lipinski definition) is 1. The van der Waals surface area contributed by atoms with Gasteiger partial charge in [0.05, 0.1) is 39.6 Å². The number of carbonyl (C=O) groups is 2. The minimum Gasteiger partial charge on any atom is -0.507 e. The van der Waals surface area contributed by atoms with Crippen molar-refractivity contribution in [3.05, 3.63) is 58.7 Å². The molecule has 0 bridgehead atoms. The smallest absolute Gasteiger partial charge is 0.295 e. The molecule has 1 unspecified atom stereocenters. The van der Waals surface area contributed by atoms with E-state index >= 15 is 0 Å². The summed E-state index contributed by atoms with van der Waals surface area (Å²) in [6.07, 6.45) is 0. The highest BCUT2D eigenvalue weighted by Crippen LogP contribution is 2.44. The van der Waals surface area contributed by atoms with Gasteiger partial charge >= 0.3 is 0 Å². The molecule has 32 heavy (non-hydrogen) atoms. The Hall–Kier alpha value is -3.52. The van der Waals surface area contributed by atoms with E-state index in [0.29, 0.717) is 33.9 Å². The third-order valence-corrected chi connectivity index (χ3v) is 5.50. The molecule has 1 heterocycles. The number of Topliss-reactive ketones (excluding diaryl/α,β-unsaturated/α-hetero) is 1. The Morgan fingerprint density at radius 1 is 0.969 bits per heavy atom. The van der Waals surface area contributed by atoms with Crippen LogP contribution in [0.25, 0.3) is 5.76 Å². The molecule has 2 aromatic carbocycles. The number of nitrogens with zero attached hydrogens (tertiary/aromatic N) is 1. The summed E-state index contributed by atoms with van der Waals surface area (Å²) in [4.78, 5) is 27.4. The van der Waals surface area contributed by atoms with Crippen LogP contribution in [0.3, 0.4) is 0 Å². The van der Waals surface area contributed by atoms with E-state index in [1.54, 1.807) is 50.4 Å². The molecule has 8 nitrogen and oxygen atoms in total. The first kappa shape index (κ1) is 23.1. The number of ketones is 1. The Kier molecular flexibility index (Phi) is 7.05. The summed E-state index contributed by atoms with van der Waals surface area (Å²) in [6, 6.07) is 9.35. The second-order valence-corrected chi connectivity index (χ2v) is 7.27. The first-order chi connectivity index (χ1) is 15.4. The normalized spacial score (nSPS) is 17.5. The standard InChI is InChI=1S/C24H27NO7/c1-14-12-15(30-3)6-8-17(14)22(26)20-21(25(10-11-29-2)24(28)23(20)27)18-9-7-16(31-4)13-19(18)32-5/h6-9,12-13,21,26H,10-11H2,1-5H3/b22-20+. The quantitative estimate of drug-likeness (QED) is 0.382. The van der Waals surface area contributed by atoms with E-state index in [0.717, 1.165) is 0 Å². The van der Waals surface area contributed by atoms with Crippen LogP contribution in [0.1, 0.15) is 22.7 Å². The van der Waals surface area contributed by atoms with Crippen molar-refractivity contribution in [1.29, 1.82) is 0 Å². The van der Waals surface area contributed by atoms with Crippen LogP contribution in [0, 0.1) is 6.92 Å². The molecule has 1 saturated heterocycles. The summed E-state index contributed by atoms with van der Waals surface area (Å²) < 4.78 is 21.2. The molecular weight excluding hydrogens is 414 g/mol. The number of carbonyl (C=O) groups excluding carboxylic acids is 2. The maximum atomic E-state index is 13.1. The van der Waals surface area contributed by atoms with Gasteiger partial charge in [0.2, 0.25) is 0 Å². The van der Waals surface area contributed by atoms with Crippen molar-refractivity contribution in [2.45, 2.75) is 13.0 Å². The zero-order valence-electron chi connectivity index (χ0n) is 18.8. The van der Waals surface area contributed by atoms with Crippen molar-refractivity contribution in [2.24, 2.45) is 0 Å². The molecule has 3 rings (SSSR count). The number of methoxy groups -OCH3 is 4. The first-order valence-corrected chi connectivity index (χ1v) is 10.0. The average Bonchev–Trinajstić information content (AvgIpc) is 3.06. The Balaban J connectivity index is 2.24. The Morgan fingerprint density at radius 3 is 2.22 bits per heavy atom. The predicted molar refractivity (Wildman–Crippen MR) is 118 cm³/mol. The molecule has 0 spiro atoms. The molecule has 0 aromatic heterocycles. The number of aliphatic hydroxyl groups is 1. The van der Waals surface area contributed by atoms with Crippen molar-refractivity contribution in [1.82, 2.24) is 4.90 Å². The first-order valence-electron chi connectivity index (χ1n) is 10.0. The van der Waals surface area contributed by atoms with Gasteiger partial charge in [-0.2, -0.15) is 0 Å². The van der Waals surface area contributed by atoms with Crippen LogP contribution in [0.15, 0.2) is 42.0 Å². The molecule has 1 atom stereocenters. The molecule has 0 saturated carbocycles. The number of hydrogen-bond acceptors (Lipinski definition) is 7. The van der Waals surface area contributed by atoms with Gasteiger partial charge in [-0.1, -0.05) is 0 Å². The van der Waals surface area contributed by atoms with Gasteiger partial charge in [0, 0.05) is 30.8 Å². The molecule has 1 aliphatic rings. The van der Waals surface area contributed by atoms with Crippen LogP contribution in [0.2, 0.25) is 0 Å². The largest absolute Gasteiger partial charge is 0.507 e. The number of likely N-dealkylation sites (tertiary alicyclic amines) is 1. The molecule has 1 amide bonds. The monoisotopic (exact) mass is 441 g/mol. The van der Waals surface area contributed by atoms with Crippen LogP contribution in [-0.2, 0) is 14.3 Å². The van der Waals surface area contributed by atoms with E-state index in [-0.39, 0.29) is 24.5 Å². The second-order valence-electron chi connectivity index (χ2n) is 7.27. The maximum absolute atomic E-state index is 13.1. The molecule has 0 aliphatic carbocycles. The fraction of sp³-hybridized carbons (Fsp3) is 0.333. The van der Waals surface area contributed by atoms with Gasteiger partial charge in [-0.3, -0.25) is 9.59 Å². The highest BCUT2D eigenvalue weighted by atomic mass is 16.5. The van der Waals surface area contributed by atoms with E-state index in [4.69, 9.17) is 18.9 Å². The lowest BCUT2D eigenvalue weighted by Gasteiger charge is -2.26. The lowest BCUT2D eigenvalue weighted by atomic mass is 9.93. The van der Waals surface area contributed by atoms with Crippen molar-refractivity contribution in [2.75, 3.05) is 41.6 Å². The minimum atomic E-state index is -0.854. The van der Waals surface area contributed by atoms with Gasteiger partial charge in [-0.05, 0) is 42.8 Å². The van der Waals surface area contributed by atoms with Gasteiger partial charge in [-0.25, -0.2) is 0 Å². The van der Waals surface area contributed by atoms with Gasteiger partial charge < -0.3 is 29.0 Å². The topological polar surface area (TPSA) is 94.5 Å². The number of aliphatic hydroxyl groups excluding tert-OH is 1. The maximum Gasteiger partial charge on any atom is 0.295 e. The fourth-order valence-corrected chi connectivity index (χ4v) is 3.84. The lowest BCUT2D eigenvalue weighted by molar-refractivity contribution is -0.140. The zero-order chi connectivity index (χ0) is 23.4. The lowest BCUT2D eigenvalue weighted by Crippen LogP contribution is -2.32. The highest BCUT2D eigenvalue weighted by Gasteiger charge is 2.47. The van der Waals surface area contributed by atoms with E-state index in [1.165, 1.54) is 26.2 Å². The van der Waals surface area contributed by atoms with Crippen LogP contribution >= 0.6 is 0 Å². The molecule has 1 aliphatic heterocycles. The summed E-state index contributed by atoms with van der Waals surface area (Å²) in [7, 11) is 6.09. The summed E-state index contributed by atoms with van der Waals surface area (Å²) in [5.74, 6) is -0.130. The van der Waals surface area contributed by atoms with Crippen molar-refractivity contribution in [3.8, 4) is 17.2 Å². The summed E-state index contributed by atoms with van der Waals surface area (Å²) in [5, 5.41) is 11.2. The highest BCUT2D eigenvalue weighted by molar-refractivity contribution is 6.46. The van der Waals surface area contributed by atoms with E-state index in [2.05, 4.69) is 0 Å². The molecule has 8 heteroatoms. The fourth-order valence-electron chi connectivity index (χ4n) is 3.84. The Morgan fingerprint density at radius 2 is 1.62 bits per heavy atom. The zero-order valence-corrected chi connectivity index (χ0v) is 18.8. The number of benzene rings is 2. The predicted octanol–water partition coefficient (Wildman–Crippen LogP) is 3.09. The van der Waals surface area contributed by atoms with Crippen molar-refractivity contribution >= 4 is 17.4 Å². The molecule has 1 fully saturated rings. The minimum absolute atomic E-state index is 0.0113. The number of ether oxygens (including phenoxy) is 4. The average molecular weight is 441 g/mol. The Bertz CT molecular complexity index is 1060. The number of amides is 1. The summed E-state index contributed by atoms with van der Waals surface area (Å²) in [5.41, 5.74) is 1.68. The molecule has 2 aromatic rings. The number of rotatable bonds is 8. The molecular formula is C24H27NO7. The van der Waals surface area contributed by atoms with Crippen LogP contribution in [-0.4, -0.2) is 63.3 Å². The molecule has 170 valence electrons. The van der Waals surface area contributed by atoms with Gasteiger partial charge in [0.25, 0.3) is 11.7 Å².